The molecule has 1 fully saturated rings. The highest BCUT2D eigenvalue weighted by Crippen LogP contribution is 2.30. The van der Waals surface area contributed by atoms with E-state index in [1.165, 1.54) is 134 Å². The van der Waals surface area contributed by atoms with E-state index in [1.54, 1.807) is 24.3 Å². The first kappa shape index (κ1) is 53.6. The standard InChI is InChI=1S/C49H87N3O8/c1-4-6-8-10-12-14-16-18-19-20-21-23-25-27-32-36-43(54)51(37-33-28-26-24-22-17-15-13-11-9-7-5-2)48-44(46(56)45(55)42(38-53)60-48)52(47(57)40(3)50)49(58)59-39-41-34-30-29-31-35-41/h29-31,34-35,40,42,44-46,48,53,55-56H,4-28,32-33,36-39,50H2,1-3H3/t40-,42+,44+,45+,46+,48+/m0/s1. The molecule has 1 aliphatic heterocycles. The average Bonchev–Trinajstić information content (AvgIpc) is 3.25. The number of hydrogen-bond donors (Lipinski definition) is 4. The maximum absolute atomic E-state index is 14.2. The van der Waals surface area contributed by atoms with Crippen molar-refractivity contribution < 1.29 is 39.2 Å². The Morgan fingerprint density at radius 2 is 1.10 bits per heavy atom. The van der Waals surface area contributed by atoms with Crippen LogP contribution in [-0.4, -0.2) is 92.8 Å². The van der Waals surface area contributed by atoms with E-state index < -0.39 is 55.2 Å². The number of aliphatic hydroxyl groups is 3. The molecular formula is C49H87N3O8. The maximum atomic E-state index is 14.2. The van der Waals surface area contributed by atoms with Gasteiger partial charge in [0.25, 0.3) is 0 Å². The van der Waals surface area contributed by atoms with Crippen LogP contribution in [-0.2, 0) is 25.7 Å². The number of ether oxygens (including phenoxy) is 2. The summed E-state index contributed by atoms with van der Waals surface area (Å²) in [5, 5.41) is 32.9. The zero-order valence-electron chi connectivity index (χ0n) is 38.1. The minimum atomic E-state index is -1.75. The normalized spacial score (nSPS) is 19.6. The Kier molecular flexibility index (Phi) is 30.3. The van der Waals surface area contributed by atoms with E-state index in [0.717, 1.165) is 43.4 Å². The zero-order valence-corrected chi connectivity index (χ0v) is 38.1. The molecule has 0 unspecified atom stereocenters. The van der Waals surface area contributed by atoms with Gasteiger partial charge in [-0.1, -0.05) is 205 Å². The third-order valence-electron chi connectivity index (χ3n) is 12.1. The van der Waals surface area contributed by atoms with Gasteiger partial charge in [-0.15, -0.1) is 0 Å². The Morgan fingerprint density at radius 1 is 0.667 bits per heavy atom. The molecule has 0 saturated carbocycles. The molecule has 2 rings (SSSR count). The van der Waals surface area contributed by atoms with E-state index in [2.05, 4.69) is 13.8 Å². The van der Waals surface area contributed by atoms with Crippen LogP contribution in [0.3, 0.4) is 0 Å². The molecule has 1 saturated heterocycles. The second kappa shape index (κ2) is 34.0. The van der Waals surface area contributed by atoms with Crippen molar-refractivity contribution >= 4 is 17.9 Å². The average molecular weight is 846 g/mol. The molecule has 1 aromatic rings. The summed E-state index contributed by atoms with van der Waals surface area (Å²) in [6, 6.07) is 6.27. The van der Waals surface area contributed by atoms with Gasteiger partial charge in [0.1, 0.15) is 31.0 Å². The lowest BCUT2D eigenvalue weighted by Crippen LogP contribution is -2.71. The predicted molar refractivity (Wildman–Crippen MR) is 241 cm³/mol. The fraction of sp³-hybridized carbons (Fsp3) is 0.816. The van der Waals surface area contributed by atoms with E-state index >= 15 is 0 Å². The van der Waals surface area contributed by atoms with E-state index in [9.17, 15) is 29.7 Å². The Labute approximate surface area is 364 Å². The summed E-state index contributed by atoms with van der Waals surface area (Å²) >= 11 is 0. The summed E-state index contributed by atoms with van der Waals surface area (Å²) in [4.78, 5) is 44.0. The summed E-state index contributed by atoms with van der Waals surface area (Å²) in [5.41, 5.74) is 6.74. The molecule has 346 valence electrons. The van der Waals surface area contributed by atoms with Gasteiger partial charge in [-0.05, 0) is 25.3 Å². The lowest BCUT2D eigenvalue weighted by atomic mass is 9.93. The van der Waals surface area contributed by atoms with Crippen molar-refractivity contribution in [1.82, 2.24) is 9.80 Å². The molecule has 1 heterocycles. The number of hydrogen-bond acceptors (Lipinski definition) is 9. The van der Waals surface area contributed by atoms with Crippen molar-refractivity contribution in [3.8, 4) is 0 Å². The summed E-state index contributed by atoms with van der Waals surface area (Å²) in [6.45, 7) is 5.38. The highest BCUT2D eigenvalue weighted by atomic mass is 16.6. The van der Waals surface area contributed by atoms with Crippen LogP contribution in [0.25, 0.3) is 0 Å². The van der Waals surface area contributed by atoms with Gasteiger partial charge in [-0.3, -0.25) is 9.59 Å². The van der Waals surface area contributed by atoms with Gasteiger partial charge in [-0.25, -0.2) is 9.69 Å². The van der Waals surface area contributed by atoms with E-state index in [1.807, 2.05) is 6.07 Å². The molecule has 11 heteroatoms. The monoisotopic (exact) mass is 846 g/mol. The first-order valence-corrected chi connectivity index (χ1v) is 24.4. The number of rotatable bonds is 35. The van der Waals surface area contributed by atoms with Gasteiger partial charge in [0.2, 0.25) is 11.8 Å². The van der Waals surface area contributed by atoms with Gasteiger partial charge in [-0.2, -0.15) is 0 Å². The van der Waals surface area contributed by atoms with Crippen LogP contribution in [0.5, 0.6) is 0 Å². The molecule has 3 amide bonds. The number of aliphatic hydroxyl groups excluding tert-OH is 3. The van der Waals surface area contributed by atoms with Crippen molar-refractivity contribution in [3.05, 3.63) is 35.9 Å². The highest BCUT2D eigenvalue weighted by Gasteiger charge is 2.53. The van der Waals surface area contributed by atoms with Crippen LogP contribution >= 0.6 is 0 Å². The first-order chi connectivity index (χ1) is 29.2. The van der Waals surface area contributed by atoms with E-state index in [-0.39, 0.29) is 25.5 Å². The van der Waals surface area contributed by atoms with Gasteiger partial charge in [0.15, 0.2) is 6.23 Å². The third-order valence-corrected chi connectivity index (χ3v) is 12.1. The lowest BCUT2D eigenvalue weighted by molar-refractivity contribution is -0.244. The largest absolute Gasteiger partial charge is 0.444 e. The first-order valence-electron chi connectivity index (χ1n) is 24.4. The fourth-order valence-corrected chi connectivity index (χ4v) is 8.29. The molecule has 0 aromatic heterocycles. The minimum Gasteiger partial charge on any atom is -0.444 e. The molecule has 6 atom stereocenters. The third kappa shape index (κ3) is 21.5. The number of imide groups is 1. The number of carbonyl (C=O) groups excluding carboxylic acids is 3. The number of carbonyl (C=O) groups is 3. The second-order valence-electron chi connectivity index (χ2n) is 17.4. The summed E-state index contributed by atoms with van der Waals surface area (Å²) < 4.78 is 11.8. The summed E-state index contributed by atoms with van der Waals surface area (Å²) in [7, 11) is 0. The number of nitrogens with two attached hydrogens (primary N) is 1. The SMILES string of the molecule is CCCCCCCCCCCCCCCCCC(=O)N(CCCCCCCCCCCCCC)[C@@H]1O[C@H](CO)[C@@H](O)[C@H](O)[C@H]1N(C(=O)OCc1ccccc1)C(=O)[C@H](C)N. The number of amides is 3. The predicted octanol–water partition coefficient (Wildman–Crippen LogP) is 10.1. The Bertz CT molecular complexity index is 1240. The molecule has 0 aliphatic carbocycles. The Hall–Kier alpha value is -2.57. The van der Waals surface area contributed by atoms with E-state index in [4.69, 9.17) is 15.2 Å². The number of benzene rings is 1. The van der Waals surface area contributed by atoms with Crippen molar-refractivity contribution in [2.45, 2.75) is 244 Å². The highest BCUT2D eigenvalue weighted by molar-refractivity contribution is 5.95. The molecule has 0 bridgehead atoms. The Morgan fingerprint density at radius 3 is 1.53 bits per heavy atom. The van der Waals surface area contributed by atoms with Crippen LogP contribution in [0, 0.1) is 0 Å². The van der Waals surface area contributed by atoms with Crippen LogP contribution in [0.15, 0.2) is 30.3 Å². The second-order valence-corrected chi connectivity index (χ2v) is 17.4. The minimum absolute atomic E-state index is 0.154. The lowest BCUT2D eigenvalue weighted by Gasteiger charge is -2.49. The number of nitrogens with zero attached hydrogens (tertiary/aromatic N) is 2. The van der Waals surface area contributed by atoms with Gasteiger partial charge in [0, 0.05) is 13.0 Å². The summed E-state index contributed by atoms with van der Waals surface area (Å²) in [5.74, 6) is -1.07. The van der Waals surface area contributed by atoms with Crippen molar-refractivity contribution in [2.75, 3.05) is 13.2 Å². The number of unbranched alkanes of at least 4 members (excludes halogenated alkanes) is 25. The smallest absolute Gasteiger partial charge is 0.417 e. The van der Waals surface area contributed by atoms with Crippen LogP contribution in [0.1, 0.15) is 206 Å². The van der Waals surface area contributed by atoms with Crippen LogP contribution < -0.4 is 5.73 Å². The molecular weight excluding hydrogens is 759 g/mol. The molecule has 5 N–H and O–H groups in total. The molecule has 60 heavy (non-hydrogen) atoms. The Balaban J connectivity index is 2.11. The molecule has 1 aromatic carbocycles. The van der Waals surface area contributed by atoms with Crippen LogP contribution in [0.4, 0.5) is 4.79 Å². The van der Waals surface area contributed by atoms with Crippen molar-refractivity contribution in [1.29, 1.82) is 0 Å². The quantitative estimate of drug-likeness (QED) is 0.0487. The van der Waals surface area contributed by atoms with Crippen LogP contribution in [0.2, 0.25) is 0 Å². The molecule has 11 nitrogen and oxygen atoms in total. The summed E-state index contributed by atoms with van der Waals surface area (Å²) in [6.07, 6.45) is 25.1. The van der Waals surface area contributed by atoms with Gasteiger partial charge < -0.3 is 35.4 Å². The molecule has 1 aliphatic rings. The fourth-order valence-electron chi connectivity index (χ4n) is 8.29. The molecule has 0 radical (unpaired) electrons. The van der Waals surface area contributed by atoms with Gasteiger partial charge >= 0.3 is 6.09 Å². The van der Waals surface area contributed by atoms with E-state index in [0.29, 0.717) is 18.4 Å². The van der Waals surface area contributed by atoms with Gasteiger partial charge in [0.05, 0.1) is 12.6 Å². The zero-order chi connectivity index (χ0) is 43.8. The van der Waals surface area contributed by atoms with Crippen molar-refractivity contribution in [3.63, 3.8) is 0 Å². The van der Waals surface area contributed by atoms with Crippen molar-refractivity contribution in [2.24, 2.45) is 5.73 Å². The topological polar surface area (TPSA) is 163 Å². The maximum Gasteiger partial charge on any atom is 0.417 e. The molecule has 0 spiro atoms.